The summed E-state index contributed by atoms with van der Waals surface area (Å²) in [6.07, 6.45) is 2.20. The summed E-state index contributed by atoms with van der Waals surface area (Å²) in [7, 11) is 0. The summed E-state index contributed by atoms with van der Waals surface area (Å²) < 4.78 is 24.2. The zero-order valence-corrected chi connectivity index (χ0v) is 17.1. The number of likely N-dealkylation sites (N-methyl/N-ethyl adjacent to an activating group) is 1. The highest BCUT2D eigenvalue weighted by Gasteiger charge is 2.18. The Morgan fingerprint density at radius 1 is 1.17 bits per heavy atom. The number of halogens is 1. The van der Waals surface area contributed by atoms with Gasteiger partial charge in [0.2, 0.25) is 5.91 Å². The third-order valence-corrected chi connectivity index (χ3v) is 4.97. The van der Waals surface area contributed by atoms with E-state index in [1.54, 1.807) is 36.4 Å². The quantitative estimate of drug-likeness (QED) is 0.685. The molecule has 1 unspecified atom stereocenters. The van der Waals surface area contributed by atoms with Crippen LogP contribution in [0.2, 0.25) is 0 Å². The van der Waals surface area contributed by atoms with Gasteiger partial charge in [-0.2, -0.15) is 0 Å². The zero-order valence-electron chi connectivity index (χ0n) is 17.1. The minimum atomic E-state index is -0.323. The van der Waals surface area contributed by atoms with Crippen LogP contribution in [-0.2, 0) is 16.1 Å². The fourth-order valence-electron chi connectivity index (χ4n) is 3.20. The van der Waals surface area contributed by atoms with E-state index in [-0.39, 0.29) is 36.8 Å². The van der Waals surface area contributed by atoms with Crippen LogP contribution in [0.1, 0.15) is 35.7 Å². The van der Waals surface area contributed by atoms with Gasteiger partial charge < -0.3 is 19.7 Å². The van der Waals surface area contributed by atoms with Crippen LogP contribution in [0.4, 0.5) is 4.39 Å². The minimum absolute atomic E-state index is 0.0478. The molecule has 7 heteroatoms. The first-order chi connectivity index (χ1) is 14.5. The van der Waals surface area contributed by atoms with E-state index in [9.17, 15) is 14.0 Å². The Morgan fingerprint density at radius 2 is 1.90 bits per heavy atom. The lowest BCUT2D eigenvalue weighted by Crippen LogP contribution is -2.40. The van der Waals surface area contributed by atoms with Crippen LogP contribution in [-0.4, -0.2) is 49.1 Å². The molecule has 1 N–H and O–H groups in total. The van der Waals surface area contributed by atoms with Crippen molar-refractivity contribution in [3.63, 3.8) is 0 Å². The molecule has 1 atom stereocenters. The number of amides is 2. The van der Waals surface area contributed by atoms with Gasteiger partial charge in [-0.05, 0) is 61.7 Å². The Balaban J connectivity index is 1.49. The molecule has 30 heavy (non-hydrogen) atoms. The fourth-order valence-corrected chi connectivity index (χ4v) is 3.20. The number of ether oxygens (including phenoxy) is 2. The van der Waals surface area contributed by atoms with Crippen molar-refractivity contribution in [1.82, 2.24) is 10.2 Å². The number of nitrogens with zero attached hydrogens (tertiary/aromatic N) is 1. The maximum atomic E-state index is 12.9. The maximum absolute atomic E-state index is 12.9. The summed E-state index contributed by atoms with van der Waals surface area (Å²) in [6, 6.07) is 12.8. The van der Waals surface area contributed by atoms with Gasteiger partial charge in [0.25, 0.3) is 5.91 Å². The van der Waals surface area contributed by atoms with Gasteiger partial charge in [0.05, 0.1) is 12.6 Å². The highest BCUT2D eigenvalue weighted by molar-refractivity contribution is 5.96. The van der Waals surface area contributed by atoms with E-state index in [0.29, 0.717) is 24.5 Å². The average Bonchev–Trinajstić information content (AvgIpc) is 3.29. The van der Waals surface area contributed by atoms with E-state index in [1.807, 2.05) is 6.92 Å². The Morgan fingerprint density at radius 3 is 2.53 bits per heavy atom. The molecule has 2 aromatic rings. The first-order valence-corrected chi connectivity index (χ1v) is 10.2. The monoisotopic (exact) mass is 414 g/mol. The smallest absolute Gasteiger partial charge is 0.254 e. The van der Waals surface area contributed by atoms with Crippen molar-refractivity contribution in [2.45, 2.75) is 32.4 Å². The molecule has 0 radical (unpaired) electrons. The highest BCUT2D eigenvalue weighted by atomic mass is 19.1. The summed E-state index contributed by atoms with van der Waals surface area (Å²) in [5, 5.41) is 2.75. The van der Waals surface area contributed by atoms with Crippen LogP contribution in [0.3, 0.4) is 0 Å². The van der Waals surface area contributed by atoms with Crippen LogP contribution >= 0.6 is 0 Å². The normalized spacial score (nSPS) is 15.6. The molecule has 1 aliphatic rings. The summed E-state index contributed by atoms with van der Waals surface area (Å²) >= 11 is 0. The Bertz CT molecular complexity index is 833. The number of hydrogen-bond acceptors (Lipinski definition) is 4. The Labute approximate surface area is 176 Å². The fraction of sp³-hybridized carbons (Fsp3) is 0.391. The lowest BCUT2D eigenvalue weighted by molar-refractivity contribution is -0.121. The van der Waals surface area contributed by atoms with Crippen molar-refractivity contribution >= 4 is 11.8 Å². The molecule has 2 amide bonds. The van der Waals surface area contributed by atoms with E-state index in [2.05, 4.69) is 5.32 Å². The third-order valence-electron chi connectivity index (χ3n) is 4.97. The lowest BCUT2D eigenvalue weighted by atomic mass is 10.2. The van der Waals surface area contributed by atoms with E-state index < -0.39 is 0 Å². The zero-order chi connectivity index (χ0) is 21.3. The molecule has 1 aliphatic heterocycles. The van der Waals surface area contributed by atoms with Crippen LogP contribution in [0, 0.1) is 5.82 Å². The molecule has 0 aliphatic carbocycles. The maximum Gasteiger partial charge on any atom is 0.254 e. The molecule has 160 valence electrons. The van der Waals surface area contributed by atoms with E-state index in [1.165, 1.54) is 17.0 Å². The van der Waals surface area contributed by atoms with Gasteiger partial charge >= 0.3 is 0 Å². The van der Waals surface area contributed by atoms with Gasteiger partial charge in [0.1, 0.15) is 18.2 Å². The first-order valence-electron chi connectivity index (χ1n) is 10.2. The molecule has 0 aromatic heterocycles. The number of nitrogens with one attached hydrogen (secondary N) is 1. The second-order valence-electron chi connectivity index (χ2n) is 7.19. The number of carbonyl (C=O) groups is 2. The lowest BCUT2D eigenvalue weighted by Gasteiger charge is -2.20. The van der Waals surface area contributed by atoms with Crippen LogP contribution in [0.5, 0.6) is 5.75 Å². The SMILES string of the molecule is CCN(CC(=O)NCc1ccc(F)cc1)C(=O)c1ccc(OCC2CCCO2)cc1. The summed E-state index contributed by atoms with van der Waals surface area (Å²) in [4.78, 5) is 26.5. The summed E-state index contributed by atoms with van der Waals surface area (Å²) in [5.41, 5.74) is 1.28. The molecule has 0 spiro atoms. The topological polar surface area (TPSA) is 67.9 Å². The molecule has 1 heterocycles. The van der Waals surface area contributed by atoms with Crippen molar-refractivity contribution in [2.24, 2.45) is 0 Å². The Kier molecular flexibility index (Phi) is 7.79. The average molecular weight is 414 g/mol. The highest BCUT2D eigenvalue weighted by Crippen LogP contribution is 2.17. The van der Waals surface area contributed by atoms with E-state index >= 15 is 0 Å². The molecule has 3 rings (SSSR count). The molecule has 0 saturated carbocycles. The van der Waals surface area contributed by atoms with Crippen molar-refractivity contribution in [2.75, 3.05) is 26.3 Å². The van der Waals surface area contributed by atoms with Gasteiger partial charge in [-0.1, -0.05) is 12.1 Å². The number of benzene rings is 2. The van der Waals surface area contributed by atoms with Gasteiger partial charge in [-0.25, -0.2) is 4.39 Å². The molecule has 2 aromatic carbocycles. The molecule has 1 fully saturated rings. The molecule has 1 saturated heterocycles. The summed E-state index contributed by atoms with van der Waals surface area (Å²) in [5.74, 6) is -0.135. The first kappa shape index (κ1) is 21.8. The number of hydrogen-bond donors (Lipinski definition) is 1. The summed E-state index contributed by atoms with van der Waals surface area (Å²) in [6.45, 7) is 3.74. The van der Waals surface area contributed by atoms with Crippen molar-refractivity contribution in [3.05, 3.63) is 65.5 Å². The number of carbonyl (C=O) groups excluding carboxylic acids is 2. The largest absolute Gasteiger partial charge is 0.491 e. The van der Waals surface area contributed by atoms with Gasteiger partial charge in [0, 0.05) is 25.3 Å². The van der Waals surface area contributed by atoms with Crippen LogP contribution in [0.25, 0.3) is 0 Å². The predicted molar refractivity (Wildman–Crippen MR) is 111 cm³/mol. The van der Waals surface area contributed by atoms with Gasteiger partial charge in [-0.15, -0.1) is 0 Å². The van der Waals surface area contributed by atoms with Crippen LogP contribution in [0.15, 0.2) is 48.5 Å². The molecule has 0 bridgehead atoms. The third kappa shape index (κ3) is 6.29. The van der Waals surface area contributed by atoms with Crippen LogP contribution < -0.4 is 10.1 Å². The van der Waals surface area contributed by atoms with E-state index in [4.69, 9.17) is 9.47 Å². The van der Waals surface area contributed by atoms with Crippen molar-refractivity contribution in [1.29, 1.82) is 0 Å². The Hall–Kier alpha value is -2.93. The second kappa shape index (κ2) is 10.7. The molecular weight excluding hydrogens is 387 g/mol. The standard InChI is InChI=1S/C23H27FN2O4/c1-2-26(15-22(27)25-14-17-5-9-19(24)10-6-17)23(28)18-7-11-20(12-8-18)30-16-21-4-3-13-29-21/h5-12,21H,2-4,13-16H2,1H3,(H,25,27). The second-order valence-corrected chi connectivity index (χ2v) is 7.19. The molecular formula is C23H27FN2O4. The molecule has 6 nitrogen and oxygen atoms in total. The van der Waals surface area contributed by atoms with E-state index in [0.717, 1.165) is 25.0 Å². The predicted octanol–water partition coefficient (Wildman–Crippen LogP) is 3.16. The minimum Gasteiger partial charge on any atom is -0.491 e. The van der Waals surface area contributed by atoms with Crippen molar-refractivity contribution in [3.8, 4) is 5.75 Å². The van der Waals surface area contributed by atoms with Gasteiger partial charge in [0.15, 0.2) is 0 Å². The van der Waals surface area contributed by atoms with Crippen molar-refractivity contribution < 1.29 is 23.5 Å². The number of rotatable bonds is 9. The van der Waals surface area contributed by atoms with Gasteiger partial charge in [-0.3, -0.25) is 9.59 Å².